The lowest BCUT2D eigenvalue weighted by Crippen LogP contribution is -2.56. The minimum Gasteiger partial charge on any atom is -0.438 e. The number of aliphatic hydroxyl groups is 2. The van der Waals surface area contributed by atoms with Crippen LogP contribution in [0, 0.1) is 5.92 Å². The summed E-state index contributed by atoms with van der Waals surface area (Å²) in [6, 6.07) is -0.192. The average Bonchev–Trinajstić information content (AvgIpc) is 3.12. The number of carbonyl (C=O) groups is 1. The van der Waals surface area contributed by atoms with E-state index in [2.05, 4.69) is 9.88 Å². The molecule has 0 spiro atoms. The monoisotopic (exact) mass is 339 g/mol. The highest BCUT2D eigenvalue weighted by Crippen LogP contribution is 2.22. The van der Waals surface area contributed by atoms with Crippen molar-refractivity contribution in [1.29, 1.82) is 0 Å². The predicted molar refractivity (Wildman–Crippen MR) is 84.4 cm³/mol. The number of aliphatic hydroxyl groups excluding tert-OH is 2. The molecule has 8 nitrogen and oxygen atoms in total. The highest BCUT2D eigenvalue weighted by molar-refractivity contribution is 5.91. The Bertz CT molecular complexity index is 530. The summed E-state index contributed by atoms with van der Waals surface area (Å²) in [5.41, 5.74) is 0. The minimum atomic E-state index is -0.826. The second kappa shape index (κ2) is 7.60. The first kappa shape index (κ1) is 17.3. The summed E-state index contributed by atoms with van der Waals surface area (Å²) >= 11 is 0. The number of oxazole rings is 1. The van der Waals surface area contributed by atoms with Crippen molar-refractivity contribution in [2.45, 2.75) is 31.1 Å². The third kappa shape index (κ3) is 3.77. The lowest BCUT2D eigenvalue weighted by atomic mass is 9.94. The van der Waals surface area contributed by atoms with Gasteiger partial charge in [-0.1, -0.05) is 0 Å². The van der Waals surface area contributed by atoms with Crippen molar-refractivity contribution in [3.63, 3.8) is 0 Å². The summed E-state index contributed by atoms with van der Waals surface area (Å²) in [5, 5.41) is 19.8. The molecule has 0 aliphatic carbocycles. The van der Waals surface area contributed by atoms with E-state index in [0.29, 0.717) is 25.6 Å². The van der Waals surface area contributed by atoms with Gasteiger partial charge in [0.05, 0.1) is 31.6 Å². The van der Waals surface area contributed by atoms with E-state index in [1.54, 1.807) is 4.90 Å². The molecule has 1 amide bonds. The molecule has 1 aromatic heterocycles. The molecule has 134 valence electrons. The predicted octanol–water partition coefficient (Wildman–Crippen LogP) is -0.421. The van der Waals surface area contributed by atoms with Crippen molar-refractivity contribution in [1.82, 2.24) is 14.8 Å². The molecular formula is C16H25N3O5. The molecule has 2 saturated heterocycles. The van der Waals surface area contributed by atoms with E-state index in [9.17, 15) is 15.0 Å². The molecular weight excluding hydrogens is 314 g/mol. The van der Waals surface area contributed by atoms with E-state index in [1.807, 2.05) is 7.05 Å². The van der Waals surface area contributed by atoms with Gasteiger partial charge in [-0.15, -0.1) is 0 Å². The molecule has 0 aromatic carbocycles. The van der Waals surface area contributed by atoms with Gasteiger partial charge in [0.25, 0.3) is 5.91 Å². The summed E-state index contributed by atoms with van der Waals surface area (Å²) in [6.07, 6.45) is 2.90. The summed E-state index contributed by atoms with van der Waals surface area (Å²) in [6.45, 7) is 2.79. The van der Waals surface area contributed by atoms with E-state index < -0.39 is 12.2 Å². The number of aromatic nitrogens is 1. The van der Waals surface area contributed by atoms with Gasteiger partial charge in [0.15, 0.2) is 6.39 Å². The Morgan fingerprint density at radius 3 is 2.79 bits per heavy atom. The maximum atomic E-state index is 12.2. The normalized spacial score (nSPS) is 29.2. The molecule has 2 aliphatic rings. The average molecular weight is 339 g/mol. The number of amides is 1. The number of likely N-dealkylation sites (N-methyl/N-ethyl adjacent to an activating group) is 1. The van der Waals surface area contributed by atoms with Gasteiger partial charge in [-0.05, 0) is 25.8 Å². The highest BCUT2D eigenvalue weighted by atomic mass is 16.5. The first-order valence-electron chi connectivity index (χ1n) is 8.38. The van der Waals surface area contributed by atoms with E-state index >= 15 is 0 Å². The maximum absolute atomic E-state index is 12.2. The van der Waals surface area contributed by atoms with Crippen LogP contribution in [0.3, 0.4) is 0 Å². The number of piperidine rings is 1. The molecule has 2 fully saturated rings. The molecule has 0 bridgehead atoms. The van der Waals surface area contributed by atoms with Gasteiger partial charge < -0.3 is 24.3 Å². The van der Waals surface area contributed by atoms with Crippen LogP contribution in [0.1, 0.15) is 23.4 Å². The lowest BCUT2D eigenvalue weighted by Gasteiger charge is -2.40. The fraction of sp³-hybridized carbons (Fsp3) is 0.750. The summed E-state index contributed by atoms with van der Waals surface area (Å²) in [7, 11) is 1.95. The molecule has 3 rings (SSSR count). The van der Waals surface area contributed by atoms with Crippen molar-refractivity contribution in [3.05, 3.63) is 18.4 Å². The van der Waals surface area contributed by atoms with E-state index in [1.165, 1.54) is 12.6 Å². The quantitative estimate of drug-likeness (QED) is 0.768. The summed E-state index contributed by atoms with van der Waals surface area (Å²) in [4.78, 5) is 19.9. The van der Waals surface area contributed by atoms with Crippen LogP contribution in [0.2, 0.25) is 0 Å². The maximum Gasteiger partial charge on any atom is 0.291 e. The first-order chi connectivity index (χ1) is 11.6. The van der Waals surface area contributed by atoms with Crippen LogP contribution in [0.4, 0.5) is 0 Å². The zero-order chi connectivity index (χ0) is 17.1. The van der Waals surface area contributed by atoms with Gasteiger partial charge in [0.1, 0.15) is 6.10 Å². The zero-order valence-electron chi connectivity index (χ0n) is 13.9. The van der Waals surface area contributed by atoms with Crippen LogP contribution in [0.25, 0.3) is 0 Å². The molecule has 0 saturated carbocycles. The third-order valence-corrected chi connectivity index (χ3v) is 5.02. The molecule has 2 N–H and O–H groups in total. The Morgan fingerprint density at radius 2 is 2.12 bits per heavy atom. The zero-order valence-corrected chi connectivity index (χ0v) is 13.9. The van der Waals surface area contributed by atoms with Crippen LogP contribution >= 0.6 is 0 Å². The third-order valence-electron chi connectivity index (χ3n) is 5.02. The number of likely N-dealkylation sites (tertiary alicyclic amines) is 1. The van der Waals surface area contributed by atoms with Crippen LogP contribution in [0.15, 0.2) is 17.0 Å². The Morgan fingerprint density at radius 1 is 1.38 bits per heavy atom. The molecule has 1 aromatic rings. The van der Waals surface area contributed by atoms with Crippen molar-refractivity contribution >= 4 is 5.91 Å². The largest absolute Gasteiger partial charge is 0.438 e. The van der Waals surface area contributed by atoms with Crippen molar-refractivity contribution in [2.24, 2.45) is 5.92 Å². The van der Waals surface area contributed by atoms with Gasteiger partial charge in [0, 0.05) is 19.6 Å². The Hall–Kier alpha value is -1.48. The van der Waals surface area contributed by atoms with E-state index in [0.717, 1.165) is 19.4 Å². The van der Waals surface area contributed by atoms with Gasteiger partial charge in [-0.25, -0.2) is 4.98 Å². The van der Waals surface area contributed by atoms with Gasteiger partial charge >= 0.3 is 0 Å². The molecule has 8 heteroatoms. The second-order valence-corrected chi connectivity index (χ2v) is 6.70. The van der Waals surface area contributed by atoms with Crippen LogP contribution < -0.4 is 0 Å². The van der Waals surface area contributed by atoms with Gasteiger partial charge in [-0.3, -0.25) is 9.69 Å². The van der Waals surface area contributed by atoms with Crippen LogP contribution in [-0.4, -0.2) is 89.0 Å². The number of carbonyl (C=O) groups excluding carboxylic acids is 1. The smallest absolute Gasteiger partial charge is 0.291 e. The molecule has 3 heterocycles. The SMILES string of the molecule is CN(CC1CCN(C(=O)c2cnco2)CC1)[C@@H]1COC[C@@H](O)[C@H]1O. The number of ether oxygens (including phenoxy) is 1. The number of rotatable bonds is 4. The summed E-state index contributed by atoms with van der Waals surface area (Å²) < 4.78 is 10.4. The minimum absolute atomic E-state index is 0.112. The molecule has 0 unspecified atom stereocenters. The number of hydrogen-bond donors (Lipinski definition) is 2. The highest BCUT2D eigenvalue weighted by Gasteiger charge is 2.35. The van der Waals surface area contributed by atoms with E-state index in [4.69, 9.17) is 9.15 Å². The standard InChI is InChI=1S/C16H25N3O5/c1-18(12-8-23-9-13(20)15(12)21)7-11-2-4-19(5-3-11)16(22)14-6-17-10-24-14/h6,10-13,15,20-21H,2-5,7-9H2,1H3/t12-,13-,15+/m1/s1. The van der Waals surface area contributed by atoms with Crippen LogP contribution in [-0.2, 0) is 4.74 Å². The topological polar surface area (TPSA) is 99.3 Å². The number of nitrogens with zero attached hydrogens (tertiary/aromatic N) is 3. The van der Waals surface area contributed by atoms with E-state index in [-0.39, 0.29) is 24.3 Å². The Kier molecular flexibility index (Phi) is 5.50. The first-order valence-corrected chi connectivity index (χ1v) is 8.38. The second-order valence-electron chi connectivity index (χ2n) is 6.70. The lowest BCUT2D eigenvalue weighted by molar-refractivity contribution is -0.130. The summed E-state index contributed by atoms with van der Waals surface area (Å²) in [5.74, 6) is 0.612. The Balaban J connectivity index is 1.47. The molecule has 24 heavy (non-hydrogen) atoms. The number of hydrogen-bond acceptors (Lipinski definition) is 7. The van der Waals surface area contributed by atoms with Crippen molar-refractivity contribution in [2.75, 3.05) is 39.9 Å². The van der Waals surface area contributed by atoms with Crippen molar-refractivity contribution < 1.29 is 24.2 Å². The van der Waals surface area contributed by atoms with Gasteiger partial charge in [0.2, 0.25) is 5.76 Å². The molecule has 0 radical (unpaired) electrons. The van der Waals surface area contributed by atoms with Gasteiger partial charge in [-0.2, -0.15) is 0 Å². The molecule has 2 aliphatic heterocycles. The Labute approximate surface area is 141 Å². The van der Waals surface area contributed by atoms with Crippen LogP contribution in [0.5, 0.6) is 0 Å². The van der Waals surface area contributed by atoms with Crippen molar-refractivity contribution in [3.8, 4) is 0 Å². The molecule has 3 atom stereocenters. The fourth-order valence-corrected chi connectivity index (χ4v) is 3.49. The fourth-order valence-electron chi connectivity index (χ4n) is 3.49.